The summed E-state index contributed by atoms with van der Waals surface area (Å²) in [6.45, 7) is -0.0281. The van der Waals surface area contributed by atoms with Gasteiger partial charge in [0.15, 0.2) is 5.13 Å². The van der Waals surface area contributed by atoms with Crippen LogP contribution in [0.2, 0.25) is 9.36 Å². The number of nitrogens with one attached hydrogen (secondary N) is 1. The molecule has 0 atom stereocenters. The molecule has 8 nitrogen and oxygen atoms in total. The maximum atomic E-state index is 14.0. The minimum absolute atomic E-state index is 0.0281. The standard InChI is InChI=1S/C21H14Cl2FN3O5S3/c22-13-4-3-11(6-14(13)24)9-27-10-12(35(31,32)18-2-1-5-33-18)7-16(27)20(30)26-21-25-15(8-17(28)29)19(23)34-21/h1-7,10H,8-9H2,(H,28,29)(H,25,26,30). The number of carbonyl (C=O) groups excluding carboxylic acids is 1. The second-order valence-electron chi connectivity index (χ2n) is 7.14. The number of carbonyl (C=O) groups is 2. The Hall–Kier alpha value is -2.77. The van der Waals surface area contributed by atoms with Crippen LogP contribution in [0.1, 0.15) is 21.7 Å². The summed E-state index contributed by atoms with van der Waals surface area (Å²) in [5.74, 6) is -2.50. The number of benzene rings is 1. The lowest BCUT2D eigenvalue weighted by Crippen LogP contribution is -2.17. The van der Waals surface area contributed by atoms with Crippen LogP contribution in [-0.4, -0.2) is 35.0 Å². The van der Waals surface area contributed by atoms with Crippen molar-refractivity contribution in [3.63, 3.8) is 0 Å². The molecule has 4 aromatic rings. The largest absolute Gasteiger partial charge is 0.481 e. The van der Waals surface area contributed by atoms with E-state index in [9.17, 15) is 22.4 Å². The van der Waals surface area contributed by atoms with Crippen molar-refractivity contribution in [1.82, 2.24) is 9.55 Å². The number of halogens is 3. The summed E-state index contributed by atoms with van der Waals surface area (Å²) in [7, 11) is -3.90. The molecular formula is C21H14Cl2FN3O5S3. The van der Waals surface area contributed by atoms with Gasteiger partial charge in [-0.05, 0) is 35.2 Å². The van der Waals surface area contributed by atoms with E-state index in [0.29, 0.717) is 5.56 Å². The van der Waals surface area contributed by atoms with Crippen LogP contribution in [0, 0.1) is 5.82 Å². The quantitative estimate of drug-likeness (QED) is 0.298. The first-order valence-electron chi connectivity index (χ1n) is 9.65. The van der Waals surface area contributed by atoms with Crippen molar-refractivity contribution in [3.05, 3.63) is 80.1 Å². The van der Waals surface area contributed by atoms with E-state index in [-0.39, 0.29) is 41.5 Å². The molecule has 0 aliphatic rings. The van der Waals surface area contributed by atoms with Crippen molar-refractivity contribution in [2.24, 2.45) is 0 Å². The van der Waals surface area contributed by atoms with Crippen molar-refractivity contribution in [3.8, 4) is 0 Å². The number of amides is 1. The highest BCUT2D eigenvalue weighted by atomic mass is 35.5. The van der Waals surface area contributed by atoms with Gasteiger partial charge in [-0.2, -0.15) is 0 Å². The van der Waals surface area contributed by atoms with E-state index in [4.69, 9.17) is 28.3 Å². The zero-order chi connectivity index (χ0) is 25.3. The lowest BCUT2D eigenvalue weighted by atomic mass is 10.2. The molecular weight excluding hydrogens is 560 g/mol. The number of hydrogen-bond donors (Lipinski definition) is 2. The van der Waals surface area contributed by atoms with Gasteiger partial charge in [-0.15, -0.1) is 11.3 Å². The van der Waals surface area contributed by atoms with E-state index in [0.717, 1.165) is 22.7 Å². The maximum absolute atomic E-state index is 14.0. The molecule has 4 rings (SSSR count). The van der Waals surface area contributed by atoms with Gasteiger partial charge in [0.1, 0.15) is 20.1 Å². The van der Waals surface area contributed by atoms with Crippen molar-refractivity contribution < 1.29 is 27.5 Å². The Labute approximate surface area is 216 Å². The van der Waals surface area contributed by atoms with Crippen LogP contribution in [0.25, 0.3) is 0 Å². The van der Waals surface area contributed by atoms with E-state index >= 15 is 0 Å². The van der Waals surface area contributed by atoms with Gasteiger partial charge in [0, 0.05) is 12.7 Å². The number of aliphatic carboxylic acids is 1. The molecule has 182 valence electrons. The first-order valence-corrected chi connectivity index (χ1v) is 13.6. The Morgan fingerprint density at radius 3 is 2.63 bits per heavy atom. The Morgan fingerprint density at radius 2 is 1.97 bits per heavy atom. The first kappa shape index (κ1) is 25.3. The van der Waals surface area contributed by atoms with Gasteiger partial charge >= 0.3 is 5.97 Å². The lowest BCUT2D eigenvalue weighted by Gasteiger charge is -2.09. The number of hydrogen-bond acceptors (Lipinski definition) is 7. The topological polar surface area (TPSA) is 118 Å². The lowest BCUT2D eigenvalue weighted by molar-refractivity contribution is -0.136. The van der Waals surface area contributed by atoms with Crippen LogP contribution in [-0.2, 0) is 27.6 Å². The predicted octanol–water partition coefficient (Wildman–Crippen LogP) is 5.21. The number of carboxylic acid groups (broad SMARTS) is 1. The number of anilines is 1. The number of thiophene rings is 1. The highest BCUT2D eigenvalue weighted by molar-refractivity contribution is 7.93. The van der Waals surface area contributed by atoms with E-state index in [1.165, 1.54) is 35.0 Å². The number of carboxylic acids is 1. The van der Waals surface area contributed by atoms with Crippen LogP contribution in [0.5, 0.6) is 0 Å². The molecule has 0 spiro atoms. The zero-order valence-corrected chi connectivity index (χ0v) is 21.3. The summed E-state index contributed by atoms with van der Waals surface area (Å²) < 4.78 is 41.6. The molecule has 0 bridgehead atoms. The van der Waals surface area contributed by atoms with Crippen molar-refractivity contribution in [1.29, 1.82) is 0 Å². The van der Waals surface area contributed by atoms with Crippen molar-refractivity contribution in [2.75, 3.05) is 5.32 Å². The Bertz CT molecular complexity index is 1530. The summed E-state index contributed by atoms with van der Waals surface area (Å²) in [5.41, 5.74) is 0.492. The molecule has 0 saturated heterocycles. The second kappa shape index (κ2) is 10.1. The molecule has 0 fully saturated rings. The highest BCUT2D eigenvalue weighted by Gasteiger charge is 2.25. The predicted molar refractivity (Wildman–Crippen MR) is 131 cm³/mol. The van der Waals surface area contributed by atoms with Crippen molar-refractivity contribution in [2.45, 2.75) is 22.1 Å². The normalized spacial score (nSPS) is 11.5. The highest BCUT2D eigenvalue weighted by Crippen LogP contribution is 2.30. The fraction of sp³-hybridized carbons (Fsp3) is 0.0952. The molecule has 3 aromatic heterocycles. The van der Waals surface area contributed by atoms with E-state index in [1.54, 1.807) is 17.5 Å². The van der Waals surface area contributed by atoms with Gasteiger partial charge in [0.2, 0.25) is 9.84 Å². The molecule has 35 heavy (non-hydrogen) atoms. The van der Waals surface area contributed by atoms with E-state index < -0.39 is 34.0 Å². The fourth-order valence-corrected chi connectivity index (χ4v) is 6.70. The van der Waals surface area contributed by atoms with E-state index in [1.807, 2.05) is 0 Å². The minimum Gasteiger partial charge on any atom is -0.481 e. The van der Waals surface area contributed by atoms with Crippen LogP contribution < -0.4 is 5.32 Å². The summed E-state index contributed by atoms with van der Waals surface area (Å²) in [6.07, 6.45) is 0.869. The third-order valence-electron chi connectivity index (χ3n) is 4.70. The molecule has 2 N–H and O–H groups in total. The van der Waals surface area contributed by atoms with Crippen LogP contribution in [0.4, 0.5) is 9.52 Å². The minimum atomic E-state index is -3.90. The SMILES string of the molecule is O=C(O)Cc1nc(NC(=O)c2cc(S(=O)(=O)c3cccs3)cn2Cc2ccc(Cl)c(F)c2)sc1Cl. The Morgan fingerprint density at radius 1 is 1.20 bits per heavy atom. The molecule has 0 radical (unpaired) electrons. The van der Waals surface area contributed by atoms with Gasteiger partial charge in [-0.3, -0.25) is 14.9 Å². The molecule has 1 amide bonds. The number of rotatable bonds is 8. The molecule has 3 heterocycles. The summed E-state index contributed by atoms with van der Waals surface area (Å²) in [6, 6.07) is 8.37. The maximum Gasteiger partial charge on any atom is 0.309 e. The zero-order valence-electron chi connectivity index (χ0n) is 17.4. The smallest absolute Gasteiger partial charge is 0.309 e. The molecule has 14 heteroatoms. The number of sulfone groups is 1. The van der Waals surface area contributed by atoms with Crippen LogP contribution in [0.15, 0.2) is 57.1 Å². The number of aromatic nitrogens is 2. The summed E-state index contributed by atoms with van der Waals surface area (Å²) in [4.78, 5) is 28.0. The van der Waals surface area contributed by atoms with Gasteiger partial charge in [0.25, 0.3) is 5.91 Å². The second-order valence-corrected chi connectivity index (χ2v) is 12.3. The Balaban J connectivity index is 1.71. The summed E-state index contributed by atoms with van der Waals surface area (Å²) in [5, 5.41) is 13.1. The fourth-order valence-electron chi connectivity index (χ4n) is 3.12. The monoisotopic (exact) mass is 573 g/mol. The average molecular weight is 574 g/mol. The van der Waals surface area contributed by atoms with Crippen LogP contribution >= 0.6 is 45.9 Å². The van der Waals surface area contributed by atoms with Gasteiger partial charge in [-0.25, -0.2) is 17.8 Å². The number of thiazole rings is 1. The molecule has 0 aliphatic heterocycles. The Kier molecular flexibility index (Phi) is 7.29. The van der Waals surface area contributed by atoms with Crippen molar-refractivity contribution >= 4 is 72.7 Å². The third kappa shape index (κ3) is 5.57. The van der Waals surface area contributed by atoms with Gasteiger partial charge < -0.3 is 9.67 Å². The third-order valence-corrected chi connectivity index (χ3v) is 9.38. The first-order chi connectivity index (χ1) is 16.5. The summed E-state index contributed by atoms with van der Waals surface area (Å²) >= 11 is 13.7. The van der Waals surface area contributed by atoms with Gasteiger partial charge in [0.05, 0.1) is 22.0 Å². The average Bonchev–Trinajstić information content (AvgIpc) is 3.52. The van der Waals surface area contributed by atoms with Crippen LogP contribution in [0.3, 0.4) is 0 Å². The molecule has 0 aliphatic carbocycles. The molecule has 1 aromatic carbocycles. The van der Waals surface area contributed by atoms with Gasteiger partial charge in [-0.1, -0.05) is 46.7 Å². The molecule has 0 saturated carbocycles. The molecule has 0 unspecified atom stereocenters. The number of nitrogens with zero attached hydrogens (tertiary/aromatic N) is 2. The van der Waals surface area contributed by atoms with E-state index in [2.05, 4.69) is 10.3 Å².